The number of halogens is 1. The summed E-state index contributed by atoms with van der Waals surface area (Å²) in [7, 11) is 0. The molecule has 0 aliphatic carbocycles. The summed E-state index contributed by atoms with van der Waals surface area (Å²) in [6.07, 6.45) is 0.520. The van der Waals surface area contributed by atoms with Gasteiger partial charge in [-0.25, -0.2) is 0 Å². The Morgan fingerprint density at radius 3 is 2.83 bits per heavy atom. The summed E-state index contributed by atoms with van der Waals surface area (Å²) in [6.45, 7) is 0. The van der Waals surface area contributed by atoms with Crippen molar-refractivity contribution in [3.05, 3.63) is 45.1 Å². The van der Waals surface area contributed by atoms with Gasteiger partial charge in [0.05, 0.1) is 14.7 Å². The number of rotatable bonds is 1. The van der Waals surface area contributed by atoms with Crippen LogP contribution >= 0.6 is 39.0 Å². The van der Waals surface area contributed by atoms with Crippen molar-refractivity contribution in [3.8, 4) is 0 Å². The van der Waals surface area contributed by atoms with Gasteiger partial charge in [0.15, 0.2) is 0 Å². The summed E-state index contributed by atoms with van der Waals surface area (Å²) < 4.78 is 1.11. The standard InChI is InChI=1S/C13H10BrNOS2/c14-12-6-5-10(18-12)11-7-13(16)15-8-3-1-2-4-9(8)17-11/h1-6,11H,7H2,(H,15,16). The molecule has 1 aliphatic rings. The number of carbonyl (C=O) groups excluding carboxylic acids is 1. The molecule has 1 unspecified atom stereocenters. The molecule has 1 aromatic heterocycles. The molecule has 3 rings (SSSR count). The van der Waals surface area contributed by atoms with E-state index in [0.717, 1.165) is 14.4 Å². The van der Waals surface area contributed by atoms with Crippen LogP contribution in [-0.4, -0.2) is 5.91 Å². The van der Waals surface area contributed by atoms with E-state index in [0.29, 0.717) is 6.42 Å². The van der Waals surface area contributed by atoms with Crippen LogP contribution in [0.1, 0.15) is 16.5 Å². The van der Waals surface area contributed by atoms with Crippen molar-refractivity contribution in [2.24, 2.45) is 0 Å². The number of thioether (sulfide) groups is 1. The Balaban J connectivity index is 1.96. The summed E-state index contributed by atoms with van der Waals surface area (Å²) >= 11 is 6.92. The summed E-state index contributed by atoms with van der Waals surface area (Å²) in [4.78, 5) is 14.3. The summed E-state index contributed by atoms with van der Waals surface area (Å²) in [6, 6.07) is 12.1. The number of carbonyl (C=O) groups is 1. The molecule has 0 saturated carbocycles. The van der Waals surface area contributed by atoms with Gasteiger partial charge in [-0.2, -0.15) is 0 Å². The Morgan fingerprint density at radius 2 is 2.06 bits per heavy atom. The van der Waals surface area contributed by atoms with Crippen LogP contribution in [0.2, 0.25) is 0 Å². The Hall–Kier alpha value is -0.780. The molecule has 2 aromatic rings. The molecule has 1 aromatic carbocycles. The summed E-state index contributed by atoms with van der Waals surface area (Å²) in [5, 5.41) is 3.16. The van der Waals surface area contributed by atoms with Crippen LogP contribution < -0.4 is 5.32 Å². The largest absolute Gasteiger partial charge is 0.325 e. The minimum atomic E-state index is 0.0852. The zero-order valence-electron chi connectivity index (χ0n) is 9.35. The highest BCUT2D eigenvalue weighted by Gasteiger charge is 2.24. The highest BCUT2D eigenvalue weighted by atomic mass is 79.9. The molecule has 0 radical (unpaired) electrons. The molecule has 1 aliphatic heterocycles. The number of fused-ring (bicyclic) bond motifs is 1. The normalized spacial score (nSPS) is 18.9. The topological polar surface area (TPSA) is 29.1 Å². The molecule has 0 saturated heterocycles. The van der Waals surface area contributed by atoms with E-state index >= 15 is 0 Å². The fraction of sp³-hybridized carbons (Fsp3) is 0.154. The van der Waals surface area contributed by atoms with E-state index < -0.39 is 0 Å². The van der Waals surface area contributed by atoms with E-state index in [9.17, 15) is 4.79 Å². The minimum absolute atomic E-state index is 0.0852. The van der Waals surface area contributed by atoms with E-state index in [2.05, 4.69) is 33.4 Å². The lowest BCUT2D eigenvalue weighted by molar-refractivity contribution is -0.116. The van der Waals surface area contributed by atoms with Crippen LogP contribution in [0, 0.1) is 0 Å². The SMILES string of the molecule is O=C1CC(c2ccc(Br)s2)Sc2ccccc2N1. The van der Waals surface area contributed by atoms with E-state index in [1.54, 1.807) is 23.1 Å². The molecule has 92 valence electrons. The third kappa shape index (κ3) is 2.48. The first-order chi connectivity index (χ1) is 8.72. The highest BCUT2D eigenvalue weighted by Crippen LogP contribution is 2.45. The number of anilines is 1. The molecule has 1 N–H and O–H groups in total. The summed E-state index contributed by atoms with van der Waals surface area (Å²) in [5.74, 6) is 0.0852. The van der Waals surface area contributed by atoms with Gasteiger partial charge in [-0.15, -0.1) is 23.1 Å². The van der Waals surface area contributed by atoms with Crippen LogP contribution in [0.4, 0.5) is 5.69 Å². The third-order valence-corrected chi connectivity index (χ3v) is 5.91. The highest BCUT2D eigenvalue weighted by molar-refractivity contribution is 9.11. The molecule has 18 heavy (non-hydrogen) atoms. The lowest BCUT2D eigenvalue weighted by Gasteiger charge is -2.10. The lowest BCUT2D eigenvalue weighted by Crippen LogP contribution is -2.11. The first-order valence-electron chi connectivity index (χ1n) is 5.53. The first kappa shape index (κ1) is 12.3. The average molecular weight is 340 g/mol. The van der Waals surface area contributed by atoms with Gasteiger partial charge in [0.2, 0.25) is 5.91 Å². The second-order valence-corrected chi connectivity index (χ2v) is 7.74. The second kappa shape index (κ2) is 5.07. The van der Waals surface area contributed by atoms with Gasteiger partial charge in [-0.05, 0) is 40.2 Å². The fourth-order valence-corrected chi connectivity index (χ4v) is 4.73. The predicted molar refractivity (Wildman–Crippen MR) is 80.3 cm³/mol. The van der Waals surface area contributed by atoms with Crippen molar-refractivity contribution in [1.82, 2.24) is 0 Å². The van der Waals surface area contributed by atoms with Gasteiger partial charge in [0.1, 0.15) is 0 Å². The number of hydrogen-bond acceptors (Lipinski definition) is 3. The monoisotopic (exact) mass is 339 g/mol. The van der Waals surface area contributed by atoms with Crippen molar-refractivity contribution in [2.45, 2.75) is 16.6 Å². The minimum Gasteiger partial charge on any atom is -0.325 e. The maximum absolute atomic E-state index is 11.9. The number of amides is 1. The van der Waals surface area contributed by atoms with Crippen LogP contribution in [0.3, 0.4) is 0 Å². The lowest BCUT2D eigenvalue weighted by atomic mass is 10.2. The average Bonchev–Trinajstić information content (AvgIpc) is 2.70. The van der Waals surface area contributed by atoms with Crippen molar-refractivity contribution >= 4 is 50.6 Å². The molecule has 0 spiro atoms. The predicted octanol–water partition coefficient (Wildman–Crippen LogP) is 4.69. The molecule has 5 heteroatoms. The Labute approximate surface area is 122 Å². The van der Waals surface area contributed by atoms with Gasteiger partial charge in [-0.1, -0.05) is 12.1 Å². The zero-order chi connectivity index (χ0) is 12.5. The molecule has 1 atom stereocenters. The van der Waals surface area contributed by atoms with Crippen molar-refractivity contribution in [3.63, 3.8) is 0 Å². The smallest absolute Gasteiger partial charge is 0.225 e. The van der Waals surface area contributed by atoms with Crippen LogP contribution in [-0.2, 0) is 4.79 Å². The van der Waals surface area contributed by atoms with Crippen molar-refractivity contribution in [1.29, 1.82) is 0 Å². The number of thiophene rings is 1. The van der Waals surface area contributed by atoms with Gasteiger partial charge >= 0.3 is 0 Å². The van der Waals surface area contributed by atoms with Crippen molar-refractivity contribution < 1.29 is 4.79 Å². The van der Waals surface area contributed by atoms with Crippen LogP contribution in [0.15, 0.2) is 45.1 Å². The molecule has 1 amide bonds. The van der Waals surface area contributed by atoms with Crippen LogP contribution in [0.25, 0.3) is 0 Å². The molecule has 2 nitrogen and oxygen atoms in total. The van der Waals surface area contributed by atoms with Gasteiger partial charge < -0.3 is 5.32 Å². The van der Waals surface area contributed by atoms with Gasteiger partial charge in [0, 0.05) is 16.2 Å². The second-order valence-electron chi connectivity index (χ2n) is 4.00. The Morgan fingerprint density at radius 1 is 1.22 bits per heavy atom. The Bertz CT molecular complexity index is 596. The molecular weight excluding hydrogens is 330 g/mol. The molecule has 0 bridgehead atoms. The third-order valence-electron chi connectivity index (χ3n) is 2.71. The van der Waals surface area contributed by atoms with E-state index in [-0.39, 0.29) is 11.2 Å². The zero-order valence-corrected chi connectivity index (χ0v) is 12.6. The number of para-hydroxylation sites is 1. The molecular formula is C13H10BrNOS2. The van der Waals surface area contributed by atoms with Gasteiger partial charge in [-0.3, -0.25) is 4.79 Å². The fourth-order valence-electron chi connectivity index (χ4n) is 1.90. The van der Waals surface area contributed by atoms with E-state index in [1.807, 2.05) is 24.3 Å². The number of nitrogens with one attached hydrogen (secondary N) is 1. The van der Waals surface area contributed by atoms with E-state index in [1.165, 1.54) is 4.88 Å². The number of hydrogen-bond donors (Lipinski definition) is 1. The van der Waals surface area contributed by atoms with Crippen molar-refractivity contribution in [2.75, 3.05) is 5.32 Å². The molecule has 2 heterocycles. The molecule has 0 fully saturated rings. The first-order valence-corrected chi connectivity index (χ1v) is 8.02. The number of benzene rings is 1. The quantitative estimate of drug-likeness (QED) is 0.816. The van der Waals surface area contributed by atoms with E-state index in [4.69, 9.17) is 0 Å². The maximum atomic E-state index is 11.9. The van der Waals surface area contributed by atoms with Crippen LogP contribution in [0.5, 0.6) is 0 Å². The maximum Gasteiger partial charge on any atom is 0.225 e. The Kier molecular flexibility index (Phi) is 3.46. The van der Waals surface area contributed by atoms with Gasteiger partial charge in [0.25, 0.3) is 0 Å². The summed E-state index contributed by atoms with van der Waals surface area (Å²) in [5.41, 5.74) is 0.922.